The van der Waals surface area contributed by atoms with E-state index in [0.717, 1.165) is 25.1 Å². The van der Waals surface area contributed by atoms with Crippen LogP contribution < -0.4 is 5.32 Å². The van der Waals surface area contributed by atoms with Gasteiger partial charge in [-0.3, -0.25) is 0 Å². The third-order valence-corrected chi connectivity index (χ3v) is 3.44. The smallest absolute Gasteiger partial charge is 0.129 e. The number of nitrogens with zero attached hydrogens (tertiary/aromatic N) is 1. The fraction of sp³-hybridized carbons (Fsp3) is 0.500. The predicted octanol–water partition coefficient (Wildman–Crippen LogP) is 3.12. The molecule has 4 heteroatoms. The van der Waals surface area contributed by atoms with E-state index in [1.165, 1.54) is 0 Å². The van der Waals surface area contributed by atoms with Crippen molar-refractivity contribution in [1.29, 1.82) is 0 Å². The van der Waals surface area contributed by atoms with Gasteiger partial charge in [0, 0.05) is 0 Å². The van der Waals surface area contributed by atoms with Crippen LogP contribution in [-0.4, -0.2) is 23.7 Å². The maximum absolute atomic E-state index is 6.08. The Labute approximate surface area is 113 Å². The summed E-state index contributed by atoms with van der Waals surface area (Å²) in [7, 11) is 0. The first-order valence-electron chi connectivity index (χ1n) is 6.34. The first-order chi connectivity index (χ1) is 8.70. The van der Waals surface area contributed by atoms with Gasteiger partial charge >= 0.3 is 0 Å². The molecule has 3 atom stereocenters. The van der Waals surface area contributed by atoms with E-state index in [-0.39, 0.29) is 18.2 Å². The number of rotatable bonds is 4. The summed E-state index contributed by atoms with van der Waals surface area (Å²) in [4.78, 5) is 4.28. The van der Waals surface area contributed by atoms with E-state index in [4.69, 9.17) is 16.3 Å². The summed E-state index contributed by atoms with van der Waals surface area (Å²) >= 11 is 5.89. The fourth-order valence-corrected chi connectivity index (χ4v) is 2.42. The van der Waals surface area contributed by atoms with Gasteiger partial charge in [0.1, 0.15) is 5.15 Å². The van der Waals surface area contributed by atoms with Gasteiger partial charge in [0.25, 0.3) is 0 Å². The lowest BCUT2D eigenvalue weighted by Gasteiger charge is -2.32. The van der Waals surface area contributed by atoms with Gasteiger partial charge < -0.3 is 10.1 Å². The molecule has 1 aliphatic rings. The average Bonchev–Trinajstić information content (AvgIpc) is 2.39. The molecule has 0 aromatic carbocycles. The van der Waals surface area contributed by atoms with Crippen LogP contribution in [0.25, 0.3) is 0 Å². The lowest BCUT2D eigenvalue weighted by Crippen LogP contribution is -2.45. The zero-order chi connectivity index (χ0) is 13.0. The van der Waals surface area contributed by atoms with Crippen LogP contribution in [0, 0.1) is 0 Å². The fourth-order valence-electron chi connectivity index (χ4n) is 2.25. The summed E-state index contributed by atoms with van der Waals surface area (Å²) in [6, 6.07) is 5.83. The molecule has 0 radical (unpaired) electrons. The lowest BCUT2D eigenvalue weighted by molar-refractivity contribution is -0.0309. The first-order valence-corrected chi connectivity index (χ1v) is 6.72. The summed E-state index contributed by atoms with van der Waals surface area (Å²) < 4.78 is 6.08. The Morgan fingerprint density at radius 2 is 2.44 bits per heavy atom. The van der Waals surface area contributed by atoms with Gasteiger partial charge in [0.15, 0.2) is 0 Å². The average molecular weight is 267 g/mol. The molecule has 1 saturated heterocycles. The van der Waals surface area contributed by atoms with Crippen molar-refractivity contribution in [2.75, 3.05) is 6.54 Å². The van der Waals surface area contributed by atoms with E-state index < -0.39 is 0 Å². The van der Waals surface area contributed by atoms with Crippen LogP contribution in [-0.2, 0) is 4.74 Å². The van der Waals surface area contributed by atoms with Gasteiger partial charge in [0.2, 0.25) is 0 Å². The van der Waals surface area contributed by atoms with Crippen molar-refractivity contribution in [3.63, 3.8) is 0 Å². The number of piperidine rings is 1. The third kappa shape index (κ3) is 3.31. The predicted molar refractivity (Wildman–Crippen MR) is 73.8 cm³/mol. The minimum absolute atomic E-state index is 0.0592. The molecule has 0 saturated carbocycles. The molecule has 1 fully saturated rings. The van der Waals surface area contributed by atoms with Crippen LogP contribution in [0.4, 0.5) is 0 Å². The van der Waals surface area contributed by atoms with Crippen molar-refractivity contribution in [2.24, 2.45) is 0 Å². The van der Waals surface area contributed by atoms with Crippen LogP contribution in [0.5, 0.6) is 0 Å². The molecule has 2 rings (SSSR count). The monoisotopic (exact) mass is 266 g/mol. The van der Waals surface area contributed by atoms with Gasteiger partial charge in [-0.25, -0.2) is 4.98 Å². The summed E-state index contributed by atoms with van der Waals surface area (Å²) in [5.74, 6) is 0. The second-order valence-electron chi connectivity index (χ2n) is 4.56. The molecule has 1 aromatic rings. The second kappa shape index (κ2) is 6.32. The highest BCUT2D eigenvalue weighted by Crippen LogP contribution is 2.23. The van der Waals surface area contributed by atoms with E-state index in [9.17, 15) is 0 Å². The van der Waals surface area contributed by atoms with E-state index in [0.29, 0.717) is 5.15 Å². The molecule has 98 valence electrons. The highest BCUT2D eigenvalue weighted by molar-refractivity contribution is 6.29. The van der Waals surface area contributed by atoms with Crippen LogP contribution in [0.2, 0.25) is 5.15 Å². The summed E-state index contributed by atoms with van der Waals surface area (Å²) in [5, 5.41) is 3.90. The molecule has 1 aromatic heterocycles. The molecule has 1 N–H and O–H groups in total. The lowest BCUT2D eigenvalue weighted by atomic mass is 10.0. The Balaban J connectivity index is 2.01. The maximum Gasteiger partial charge on any atom is 0.129 e. The SMILES string of the molecule is C=C[C@@H]1NCCC[C@@H]1O[C@H](C)c1cccc(Cl)n1. The highest BCUT2D eigenvalue weighted by atomic mass is 35.5. The molecule has 0 spiro atoms. The molecule has 18 heavy (non-hydrogen) atoms. The Morgan fingerprint density at radius 1 is 1.61 bits per heavy atom. The molecule has 0 aliphatic carbocycles. The zero-order valence-corrected chi connectivity index (χ0v) is 11.4. The van der Waals surface area contributed by atoms with Crippen molar-refractivity contribution >= 4 is 11.6 Å². The van der Waals surface area contributed by atoms with Crippen LogP contribution in [0.15, 0.2) is 30.9 Å². The maximum atomic E-state index is 6.08. The number of pyridine rings is 1. The topological polar surface area (TPSA) is 34.1 Å². The molecule has 0 unspecified atom stereocenters. The van der Waals surface area contributed by atoms with E-state index in [2.05, 4.69) is 16.9 Å². The Kier molecular flexibility index (Phi) is 4.75. The molecule has 3 nitrogen and oxygen atoms in total. The quantitative estimate of drug-likeness (QED) is 0.672. The number of hydrogen-bond donors (Lipinski definition) is 1. The van der Waals surface area contributed by atoms with Gasteiger partial charge in [-0.15, -0.1) is 6.58 Å². The van der Waals surface area contributed by atoms with Gasteiger partial charge in [0.05, 0.1) is 23.9 Å². The van der Waals surface area contributed by atoms with Gasteiger partial charge in [-0.05, 0) is 38.4 Å². The minimum atomic E-state index is -0.0592. The second-order valence-corrected chi connectivity index (χ2v) is 4.95. The molecular formula is C14H19ClN2O. The van der Waals surface area contributed by atoms with Crippen molar-refractivity contribution in [3.8, 4) is 0 Å². The van der Waals surface area contributed by atoms with Crippen LogP contribution in [0.3, 0.4) is 0 Å². The Morgan fingerprint density at radius 3 is 3.17 bits per heavy atom. The highest BCUT2D eigenvalue weighted by Gasteiger charge is 2.25. The standard InChI is InChI=1S/C14H19ClN2O/c1-3-11-13(7-5-9-16-11)18-10(2)12-6-4-8-14(15)17-12/h3-4,6,8,10-11,13,16H,1,5,7,9H2,2H3/t10-,11+,13+/m1/s1. The van der Waals surface area contributed by atoms with Crippen LogP contribution in [0.1, 0.15) is 31.6 Å². The zero-order valence-electron chi connectivity index (χ0n) is 10.6. The normalized spacial score (nSPS) is 25.7. The van der Waals surface area contributed by atoms with Gasteiger partial charge in [-0.2, -0.15) is 0 Å². The van der Waals surface area contributed by atoms with Crippen molar-refractivity contribution in [1.82, 2.24) is 10.3 Å². The Hall–Kier alpha value is -0.900. The number of halogens is 1. The van der Waals surface area contributed by atoms with E-state index >= 15 is 0 Å². The molecule has 0 amide bonds. The molecular weight excluding hydrogens is 248 g/mol. The molecule has 0 bridgehead atoms. The first kappa shape index (κ1) is 13.5. The summed E-state index contributed by atoms with van der Waals surface area (Å²) in [6.07, 6.45) is 4.20. The number of ether oxygens (including phenoxy) is 1. The minimum Gasteiger partial charge on any atom is -0.367 e. The van der Waals surface area contributed by atoms with Gasteiger partial charge in [-0.1, -0.05) is 23.7 Å². The summed E-state index contributed by atoms with van der Waals surface area (Å²) in [5.41, 5.74) is 0.871. The van der Waals surface area contributed by atoms with Crippen molar-refractivity contribution in [3.05, 3.63) is 41.7 Å². The van der Waals surface area contributed by atoms with E-state index in [1.54, 1.807) is 6.07 Å². The number of aromatic nitrogens is 1. The number of nitrogens with one attached hydrogen (secondary N) is 1. The van der Waals surface area contributed by atoms with Crippen LogP contribution >= 0.6 is 11.6 Å². The third-order valence-electron chi connectivity index (χ3n) is 3.23. The van der Waals surface area contributed by atoms with E-state index in [1.807, 2.05) is 25.1 Å². The van der Waals surface area contributed by atoms with Crippen molar-refractivity contribution in [2.45, 2.75) is 38.0 Å². The Bertz CT molecular complexity index is 411. The summed E-state index contributed by atoms with van der Waals surface area (Å²) in [6.45, 7) is 6.88. The largest absolute Gasteiger partial charge is 0.367 e. The molecule has 2 heterocycles. The number of hydrogen-bond acceptors (Lipinski definition) is 3. The molecule has 1 aliphatic heterocycles. The van der Waals surface area contributed by atoms with Crippen molar-refractivity contribution < 1.29 is 4.74 Å².